The van der Waals surface area contributed by atoms with Gasteiger partial charge in [-0.05, 0) is 25.0 Å². The van der Waals surface area contributed by atoms with Crippen LogP contribution in [-0.2, 0) is 7.05 Å². The van der Waals surface area contributed by atoms with Gasteiger partial charge in [0.2, 0.25) is 0 Å². The van der Waals surface area contributed by atoms with Crippen LogP contribution in [0.4, 0.5) is 0 Å². The molecule has 1 heterocycles. The van der Waals surface area contributed by atoms with Crippen LogP contribution in [0.1, 0.15) is 37.2 Å². The second kappa shape index (κ2) is 5.87. The van der Waals surface area contributed by atoms with E-state index in [9.17, 15) is 9.90 Å². The van der Waals surface area contributed by atoms with Crippen molar-refractivity contribution in [2.45, 2.75) is 26.7 Å². The first-order valence-electron chi connectivity index (χ1n) is 6.09. The monoisotopic (exact) mass is 238 g/mol. The minimum absolute atomic E-state index is 0.0859. The summed E-state index contributed by atoms with van der Waals surface area (Å²) in [5, 5.41) is 12.3. The number of aromatic nitrogens is 1. The number of aryl methyl sites for hydroxylation is 1. The van der Waals surface area contributed by atoms with E-state index in [4.69, 9.17) is 0 Å². The van der Waals surface area contributed by atoms with Crippen LogP contribution in [0, 0.1) is 5.41 Å². The second-order valence-corrected chi connectivity index (χ2v) is 4.55. The smallest absolute Gasteiger partial charge is 0.267 e. The molecule has 0 saturated heterocycles. The average molecular weight is 238 g/mol. The molecular formula is C13H22N2O2. The fourth-order valence-corrected chi connectivity index (χ4v) is 1.83. The van der Waals surface area contributed by atoms with Crippen molar-refractivity contribution in [3.8, 4) is 0 Å². The molecule has 1 aromatic rings. The molecule has 2 N–H and O–H groups in total. The molecule has 1 aromatic heterocycles. The third-order valence-electron chi connectivity index (χ3n) is 3.64. The molecule has 0 saturated carbocycles. The molecule has 4 nitrogen and oxygen atoms in total. The molecule has 0 fully saturated rings. The van der Waals surface area contributed by atoms with E-state index in [1.54, 1.807) is 10.6 Å². The summed E-state index contributed by atoms with van der Waals surface area (Å²) in [7, 11) is 1.84. The Morgan fingerprint density at radius 1 is 1.47 bits per heavy atom. The average Bonchev–Trinajstić information content (AvgIpc) is 2.78. The maximum atomic E-state index is 11.9. The van der Waals surface area contributed by atoms with Crippen molar-refractivity contribution in [1.82, 2.24) is 9.88 Å². The van der Waals surface area contributed by atoms with E-state index in [-0.39, 0.29) is 17.9 Å². The van der Waals surface area contributed by atoms with Crippen LogP contribution in [0.3, 0.4) is 0 Å². The largest absolute Gasteiger partial charge is 0.396 e. The highest BCUT2D eigenvalue weighted by Gasteiger charge is 2.26. The van der Waals surface area contributed by atoms with Crippen molar-refractivity contribution < 1.29 is 9.90 Å². The predicted octanol–water partition coefficient (Wildman–Crippen LogP) is 1.55. The molecule has 0 atom stereocenters. The van der Waals surface area contributed by atoms with Crippen molar-refractivity contribution in [2.24, 2.45) is 12.5 Å². The SMILES string of the molecule is CCC(CC)(CO)CNC(=O)c1cccn1C. The Morgan fingerprint density at radius 2 is 2.12 bits per heavy atom. The van der Waals surface area contributed by atoms with E-state index in [0.29, 0.717) is 12.2 Å². The van der Waals surface area contributed by atoms with Gasteiger partial charge in [-0.15, -0.1) is 0 Å². The van der Waals surface area contributed by atoms with Crippen LogP contribution in [0.5, 0.6) is 0 Å². The number of nitrogens with zero attached hydrogens (tertiary/aromatic N) is 1. The third kappa shape index (κ3) is 3.09. The number of rotatable bonds is 6. The highest BCUT2D eigenvalue weighted by molar-refractivity contribution is 5.92. The third-order valence-corrected chi connectivity index (χ3v) is 3.64. The Labute approximate surface area is 103 Å². The number of carbonyl (C=O) groups excluding carboxylic acids is 1. The topological polar surface area (TPSA) is 54.3 Å². The zero-order valence-corrected chi connectivity index (χ0v) is 10.9. The number of hydrogen-bond donors (Lipinski definition) is 2. The summed E-state index contributed by atoms with van der Waals surface area (Å²) < 4.78 is 1.79. The van der Waals surface area contributed by atoms with E-state index in [2.05, 4.69) is 5.32 Å². The standard InChI is InChI=1S/C13H22N2O2/c1-4-13(5-2,10-16)9-14-12(17)11-7-6-8-15(11)3/h6-8,16H,4-5,9-10H2,1-3H3,(H,14,17). The van der Waals surface area contributed by atoms with Crippen LogP contribution in [-0.4, -0.2) is 28.7 Å². The number of amides is 1. The molecule has 0 aliphatic heterocycles. The molecule has 96 valence electrons. The Balaban J connectivity index is 2.62. The summed E-state index contributed by atoms with van der Waals surface area (Å²) in [6, 6.07) is 3.63. The first-order chi connectivity index (χ1) is 8.08. The van der Waals surface area contributed by atoms with Gasteiger partial charge in [0, 0.05) is 25.2 Å². The van der Waals surface area contributed by atoms with E-state index in [1.807, 2.05) is 33.2 Å². The summed E-state index contributed by atoms with van der Waals surface area (Å²) in [6.07, 6.45) is 3.55. The lowest BCUT2D eigenvalue weighted by atomic mass is 9.83. The Bertz CT molecular complexity index is 359. The quantitative estimate of drug-likeness (QED) is 0.790. The van der Waals surface area contributed by atoms with Gasteiger partial charge in [-0.1, -0.05) is 13.8 Å². The normalized spacial score (nSPS) is 11.5. The minimum Gasteiger partial charge on any atom is -0.396 e. The van der Waals surface area contributed by atoms with Gasteiger partial charge in [0.1, 0.15) is 5.69 Å². The Hall–Kier alpha value is -1.29. The van der Waals surface area contributed by atoms with Crippen LogP contribution in [0.15, 0.2) is 18.3 Å². The lowest BCUT2D eigenvalue weighted by Crippen LogP contribution is -2.39. The van der Waals surface area contributed by atoms with Crippen LogP contribution in [0.25, 0.3) is 0 Å². The number of aliphatic hydroxyl groups excluding tert-OH is 1. The van der Waals surface area contributed by atoms with Gasteiger partial charge in [0.15, 0.2) is 0 Å². The highest BCUT2D eigenvalue weighted by Crippen LogP contribution is 2.24. The molecule has 0 aliphatic rings. The van der Waals surface area contributed by atoms with E-state index in [1.165, 1.54) is 0 Å². The number of nitrogens with one attached hydrogen (secondary N) is 1. The maximum absolute atomic E-state index is 11.9. The molecule has 0 aliphatic carbocycles. The molecule has 17 heavy (non-hydrogen) atoms. The summed E-state index contributed by atoms with van der Waals surface area (Å²) >= 11 is 0. The van der Waals surface area contributed by atoms with Gasteiger partial charge in [-0.25, -0.2) is 0 Å². The number of aliphatic hydroxyl groups is 1. The van der Waals surface area contributed by atoms with E-state index in [0.717, 1.165) is 12.8 Å². The Morgan fingerprint density at radius 3 is 2.53 bits per heavy atom. The number of hydrogen-bond acceptors (Lipinski definition) is 2. The van der Waals surface area contributed by atoms with Gasteiger partial charge >= 0.3 is 0 Å². The molecule has 1 rings (SSSR count). The summed E-state index contributed by atoms with van der Waals surface area (Å²) in [5.74, 6) is -0.0859. The van der Waals surface area contributed by atoms with Gasteiger partial charge in [-0.2, -0.15) is 0 Å². The molecule has 1 amide bonds. The zero-order valence-electron chi connectivity index (χ0n) is 10.9. The van der Waals surface area contributed by atoms with Crippen molar-refractivity contribution in [3.63, 3.8) is 0 Å². The zero-order chi connectivity index (χ0) is 12.9. The molecule has 0 radical (unpaired) electrons. The fraction of sp³-hybridized carbons (Fsp3) is 0.615. The fourth-order valence-electron chi connectivity index (χ4n) is 1.83. The van der Waals surface area contributed by atoms with Crippen LogP contribution < -0.4 is 5.32 Å². The summed E-state index contributed by atoms with van der Waals surface area (Å²) in [6.45, 7) is 4.69. The molecule has 0 bridgehead atoms. The lowest BCUT2D eigenvalue weighted by molar-refractivity contribution is 0.0844. The van der Waals surface area contributed by atoms with Crippen molar-refractivity contribution in [1.29, 1.82) is 0 Å². The van der Waals surface area contributed by atoms with Crippen LogP contribution >= 0.6 is 0 Å². The number of carbonyl (C=O) groups is 1. The van der Waals surface area contributed by atoms with Gasteiger partial charge in [0.05, 0.1) is 6.61 Å². The first-order valence-corrected chi connectivity index (χ1v) is 6.09. The second-order valence-electron chi connectivity index (χ2n) is 4.55. The first kappa shape index (κ1) is 13.8. The predicted molar refractivity (Wildman–Crippen MR) is 67.8 cm³/mol. The van der Waals surface area contributed by atoms with Crippen LogP contribution in [0.2, 0.25) is 0 Å². The van der Waals surface area contributed by atoms with Gasteiger partial charge < -0.3 is 15.0 Å². The molecular weight excluding hydrogens is 216 g/mol. The van der Waals surface area contributed by atoms with Crippen molar-refractivity contribution in [2.75, 3.05) is 13.2 Å². The summed E-state index contributed by atoms with van der Waals surface area (Å²) in [5.41, 5.74) is 0.449. The molecule has 0 spiro atoms. The van der Waals surface area contributed by atoms with E-state index >= 15 is 0 Å². The van der Waals surface area contributed by atoms with Crippen molar-refractivity contribution >= 4 is 5.91 Å². The molecule has 0 unspecified atom stereocenters. The maximum Gasteiger partial charge on any atom is 0.267 e. The Kier molecular flexibility index (Phi) is 4.75. The molecule has 0 aromatic carbocycles. The van der Waals surface area contributed by atoms with Gasteiger partial charge in [0.25, 0.3) is 5.91 Å². The minimum atomic E-state index is -0.194. The summed E-state index contributed by atoms with van der Waals surface area (Å²) in [4.78, 5) is 11.9. The molecule has 4 heteroatoms. The van der Waals surface area contributed by atoms with Gasteiger partial charge in [-0.3, -0.25) is 4.79 Å². The van der Waals surface area contributed by atoms with E-state index < -0.39 is 0 Å². The highest BCUT2D eigenvalue weighted by atomic mass is 16.3. The van der Waals surface area contributed by atoms with Crippen molar-refractivity contribution in [3.05, 3.63) is 24.0 Å². The lowest BCUT2D eigenvalue weighted by Gasteiger charge is -2.29.